The number of amides is 1. The molecule has 1 unspecified atom stereocenters. The Kier molecular flexibility index (Phi) is 4.84. The van der Waals surface area contributed by atoms with Crippen LogP contribution in [-0.4, -0.2) is 15.4 Å². The Morgan fingerprint density at radius 2 is 1.44 bits per heavy atom. The highest BCUT2D eigenvalue weighted by Gasteiger charge is 2.40. The van der Waals surface area contributed by atoms with Crippen molar-refractivity contribution in [2.24, 2.45) is 7.05 Å². The van der Waals surface area contributed by atoms with E-state index in [2.05, 4.69) is 85.3 Å². The Morgan fingerprint density at radius 3 is 2.24 bits per heavy atom. The minimum Gasteiger partial charge on any atom is -0.343 e. The third-order valence-corrected chi connectivity index (χ3v) is 7.00. The normalized spacial score (nSPS) is 15.2. The smallest absolute Gasteiger partial charge is 0.255 e. The summed E-state index contributed by atoms with van der Waals surface area (Å²) < 4.78 is 2.28. The Morgan fingerprint density at radius 1 is 0.765 bits per heavy atom. The average molecular weight is 443 g/mol. The molecule has 0 bridgehead atoms. The van der Waals surface area contributed by atoms with Crippen molar-refractivity contribution in [3.63, 3.8) is 0 Å². The molecule has 0 aliphatic carbocycles. The molecule has 1 aliphatic rings. The number of carbonyl (C=O) groups is 1. The summed E-state index contributed by atoms with van der Waals surface area (Å²) in [4.78, 5) is 15.8. The van der Waals surface area contributed by atoms with E-state index in [1.54, 1.807) is 0 Å². The highest BCUT2D eigenvalue weighted by Crippen LogP contribution is 2.46. The minimum atomic E-state index is -0.161. The second-order valence-corrected chi connectivity index (χ2v) is 9.11. The molecule has 3 heteroatoms. The van der Waals surface area contributed by atoms with Crippen LogP contribution in [0.25, 0.3) is 22.2 Å². The number of hydrogen-bond acceptors (Lipinski definition) is 1. The Labute approximate surface area is 199 Å². The molecule has 0 N–H and O–H groups in total. The predicted molar refractivity (Wildman–Crippen MR) is 138 cm³/mol. The van der Waals surface area contributed by atoms with Crippen LogP contribution in [0.2, 0.25) is 0 Å². The van der Waals surface area contributed by atoms with E-state index in [4.69, 9.17) is 0 Å². The first-order valence-electron chi connectivity index (χ1n) is 11.7. The number of carbonyl (C=O) groups excluding carboxylic acids is 1. The number of para-hydroxylation sites is 1. The number of rotatable bonds is 4. The molecule has 5 aromatic rings. The first kappa shape index (κ1) is 20.5. The van der Waals surface area contributed by atoms with Gasteiger partial charge < -0.3 is 9.47 Å². The molecule has 1 aliphatic heterocycles. The standard InChI is InChI=1S/C31H26N2O/c1-21-16-18-23(19-17-21)29-28(26-14-8-9-15-27(26)32(29)2)30-24-12-6-7-13-25(24)31(34)33(30)20-22-10-4-3-5-11-22/h3-19,30H,20H2,1-2H3. The quantitative estimate of drug-likeness (QED) is 0.297. The maximum Gasteiger partial charge on any atom is 0.255 e. The molecule has 4 aromatic carbocycles. The number of aromatic nitrogens is 1. The SMILES string of the molecule is Cc1ccc(-c2c(C3c4ccccc4C(=O)N3Cc3ccccc3)c3ccccc3n2C)cc1. The molecular weight excluding hydrogens is 416 g/mol. The Hall–Kier alpha value is -4.11. The maximum absolute atomic E-state index is 13.7. The molecule has 3 nitrogen and oxygen atoms in total. The second-order valence-electron chi connectivity index (χ2n) is 9.11. The zero-order valence-electron chi connectivity index (χ0n) is 19.4. The molecular formula is C31H26N2O. The maximum atomic E-state index is 13.7. The van der Waals surface area contributed by atoms with E-state index in [-0.39, 0.29) is 11.9 Å². The van der Waals surface area contributed by atoms with Crippen molar-refractivity contribution in [3.05, 3.63) is 131 Å². The number of benzene rings is 4. The zero-order chi connectivity index (χ0) is 23.2. The monoisotopic (exact) mass is 442 g/mol. The molecule has 0 saturated heterocycles. The summed E-state index contributed by atoms with van der Waals surface area (Å²) in [7, 11) is 2.13. The first-order chi connectivity index (χ1) is 16.6. The van der Waals surface area contributed by atoms with E-state index < -0.39 is 0 Å². The molecule has 2 heterocycles. The van der Waals surface area contributed by atoms with E-state index >= 15 is 0 Å². The van der Waals surface area contributed by atoms with Gasteiger partial charge in [0.2, 0.25) is 0 Å². The first-order valence-corrected chi connectivity index (χ1v) is 11.7. The lowest BCUT2D eigenvalue weighted by molar-refractivity contribution is 0.0737. The summed E-state index contributed by atoms with van der Waals surface area (Å²) in [6.07, 6.45) is 0. The van der Waals surface area contributed by atoms with Gasteiger partial charge in [-0.3, -0.25) is 4.79 Å². The van der Waals surface area contributed by atoms with Gasteiger partial charge in [0.15, 0.2) is 0 Å². The average Bonchev–Trinajstić information content (AvgIpc) is 3.31. The summed E-state index contributed by atoms with van der Waals surface area (Å²) in [5.74, 6) is 0.0900. The van der Waals surface area contributed by atoms with Crippen LogP contribution in [0, 0.1) is 6.92 Å². The molecule has 34 heavy (non-hydrogen) atoms. The fourth-order valence-corrected chi connectivity index (χ4v) is 5.38. The lowest BCUT2D eigenvalue weighted by atomic mass is 9.92. The van der Waals surface area contributed by atoms with Crippen molar-refractivity contribution < 1.29 is 4.79 Å². The molecule has 0 fully saturated rings. The molecule has 1 atom stereocenters. The van der Waals surface area contributed by atoms with Crippen molar-refractivity contribution in [1.29, 1.82) is 0 Å². The summed E-state index contributed by atoms with van der Waals surface area (Å²) >= 11 is 0. The van der Waals surface area contributed by atoms with Crippen LogP contribution in [0.4, 0.5) is 0 Å². The van der Waals surface area contributed by atoms with Gasteiger partial charge in [0.25, 0.3) is 5.91 Å². The van der Waals surface area contributed by atoms with E-state index in [1.165, 1.54) is 22.0 Å². The molecule has 1 aromatic heterocycles. The second kappa shape index (κ2) is 8.03. The van der Waals surface area contributed by atoms with Gasteiger partial charge in [0, 0.05) is 35.6 Å². The van der Waals surface area contributed by atoms with Gasteiger partial charge >= 0.3 is 0 Å². The summed E-state index contributed by atoms with van der Waals surface area (Å²) in [5, 5.41) is 1.19. The lowest BCUT2D eigenvalue weighted by Crippen LogP contribution is -2.28. The fraction of sp³-hybridized carbons (Fsp3) is 0.129. The van der Waals surface area contributed by atoms with Gasteiger partial charge in [-0.05, 0) is 35.7 Å². The largest absolute Gasteiger partial charge is 0.343 e. The van der Waals surface area contributed by atoms with Crippen LogP contribution >= 0.6 is 0 Å². The molecule has 1 amide bonds. The van der Waals surface area contributed by atoms with Gasteiger partial charge in [-0.1, -0.05) is 96.6 Å². The van der Waals surface area contributed by atoms with Crippen molar-refractivity contribution in [3.8, 4) is 11.3 Å². The molecule has 0 radical (unpaired) electrons. The molecule has 166 valence electrons. The fourth-order valence-electron chi connectivity index (χ4n) is 5.38. The third-order valence-electron chi connectivity index (χ3n) is 7.00. The van der Waals surface area contributed by atoms with Gasteiger partial charge in [-0.15, -0.1) is 0 Å². The topological polar surface area (TPSA) is 25.2 Å². The van der Waals surface area contributed by atoms with Crippen molar-refractivity contribution >= 4 is 16.8 Å². The Bertz CT molecular complexity index is 1510. The number of nitrogens with zero attached hydrogens (tertiary/aromatic N) is 2. The van der Waals surface area contributed by atoms with Gasteiger partial charge in [0.05, 0.1) is 11.7 Å². The number of hydrogen-bond donors (Lipinski definition) is 0. The van der Waals surface area contributed by atoms with Gasteiger partial charge in [-0.2, -0.15) is 0 Å². The van der Waals surface area contributed by atoms with Crippen molar-refractivity contribution in [2.75, 3.05) is 0 Å². The number of fused-ring (bicyclic) bond motifs is 2. The molecule has 0 spiro atoms. The zero-order valence-corrected chi connectivity index (χ0v) is 19.4. The summed E-state index contributed by atoms with van der Waals surface area (Å²) in [6.45, 7) is 2.68. The molecule has 0 saturated carbocycles. The van der Waals surface area contributed by atoms with Crippen molar-refractivity contribution in [1.82, 2.24) is 9.47 Å². The summed E-state index contributed by atoms with van der Waals surface area (Å²) in [6, 6.07) is 35.4. The van der Waals surface area contributed by atoms with Gasteiger partial charge in [0.1, 0.15) is 0 Å². The predicted octanol–water partition coefficient (Wildman–Crippen LogP) is 6.90. The van der Waals surface area contributed by atoms with E-state index in [9.17, 15) is 4.79 Å². The van der Waals surface area contributed by atoms with Crippen molar-refractivity contribution in [2.45, 2.75) is 19.5 Å². The van der Waals surface area contributed by atoms with Crippen LogP contribution < -0.4 is 0 Å². The van der Waals surface area contributed by atoms with Gasteiger partial charge in [-0.25, -0.2) is 0 Å². The minimum absolute atomic E-state index is 0.0900. The third kappa shape index (κ3) is 3.16. The Balaban J connectivity index is 1.63. The van der Waals surface area contributed by atoms with Crippen LogP contribution in [-0.2, 0) is 13.6 Å². The lowest BCUT2D eigenvalue weighted by Gasteiger charge is -2.27. The van der Waals surface area contributed by atoms with Crippen LogP contribution in [0.1, 0.15) is 38.7 Å². The van der Waals surface area contributed by atoms with E-state index in [1.807, 2.05) is 41.3 Å². The van der Waals surface area contributed by atoms with Crippen LogP contribution in [0.3, 0.4) is 0 Å². The van der Waals surface area contributed by atoms with E-state index in [0.717, 1.165) is 27.9 Å². The summed E-state index contributed by atoms with van der Waals surface area (Å²) in [5.41, 5.74) is 8.92. The molecule has 6 rings (SSSR count). The highest BCUT2D eigenvalue weighted by molar-refractivity contribution is 6.02. The highest BCUT2D eigenvalue weighted by atomic mass is 16.2. The van der Waals surface area contributed by atoms with Crippen LogP contribution in [0.15, 0.2) is 103 Å². The van der Waals surface area contributed by atoms with Crippen LogP contribution in [0.5, 0.6) is 0 Å². The van der Waals surface area contributed by atoms with E-state index in [0.29, 0.717) is 6.54 Å². The number of aryl methyl sites for hydroxylation is 2.